The molecule has 0 saturated carbocycles. The lowest BCUT2D eigenvalue weighted by atomic mass is 10.1. The lowest BCUT2D eigenvalue weighted by Crippen LogP contribution is -2.34. The van der Waals surface area contributed by atoms with Crippen molar-refractivity contribution in [3.8, 4) is 11.3 Å². The van der Waals surface area contributed by atoms with Crippen molar-refractivity contribution < 1.29 is 9.18 Å². The van der Waals surface area contributed by atoms with Gasteiger partial charge in [0.2, 0.25) is 16.0 Å². The van der Waals surface area contributed by atoms with Crippen molar-refractivity contribution in [2.45, 2.75) is 32.9 Å². The van der Waals surface area contributed by atoms with Gasteiger partial charge in [-0.15, -0.1) is 5.10 Å². The number of benzene rings is 2. The van der Waals surface area contributed by atoms with Crippen LogP contribution in [0.25, 0.3) is 16.2 Å². The molecule has 0 fully saturated rings. The number of carbonyl (C=O) groups excluding carboxylic acids is 1. The van der Waals surface area contributed by atoms with Gasteiger partial charge >= 0.3 is 0 Å². The van der Waals surface area contributed by atoms with E-state index in [0.29, 0.717) is 22.3 Å². The van der Waals surface area contributed by atoms with Crippen molar-refractivity contribution in [3.05, 3.63) is 59.9 Å². The third kappa shape index (κ3) is 5.93. The molecule has 0 saturated heterocycles. The molecule has 8 nitrogen and oxygen atoms in total. The predicted molar refractivity (Wildman–Crippen MR) is 146 cm³/mol. The Morgan fingerprint density at radius 1 is 1.06 bits per heavy atom. The number of nitrogens with one attached hydrogen (secondary N) is 2. The molecule has 190 valence electrons. The maximum atomic E-state index is 13.5. The Kier molecular flexibility index (Phi) is 7.16. The van der Waals surface area contributed by atoms with Gasteiger partial charge in [0.05, 0.1) is 6.54 Å². The van der Waals surface area contributed by atoms with Crippen molar-refractivity contribution in [2.24, 2.45) is 0 Å². The fraction of sp³-hybridized carbons (Fsp3) is 0.346. The van der Waals surface area contributed by atoms with Crippen LogP contribution in [0.3, 0.4) is 0 Å². The summed E-state index contributed by atoms with van der Waals surface area (Å²) in [6.45, 7) is 6.79. The molecular formula is C26H32FN7OS. The fourth-order valence-electron chi connectivity index (χ4n) is 3.62. The van der Waals surface area contributed by atoms with Crippen LogP contribution in [0.4, 0.5) is 21.0 Å². The van der Waals surface area contributed by atoms with Gasteiger partial charge in [-0.3, -0.25) is 4.79 Å². The Morgan fingerprint density at radius 2 is 1.72 bits per heavy atom. The average molecular weight is 510 g/mol. The number of hydrogen-bond donors (Lipinski definition) is 2. The highest BCUT2D eigenvalue weighted by atomic mass is 32.1. The largest absolute Gasteiger partial charge is 0.378 e. The number of amides is 1. The highest BCUT2D eigenvalue weighted by Crippen LogP contribution is 2.34. The molecule has 0 aliphatic carbocycles. The number of fused-ring (bicyclic) bond motifs is 1. The minimum Gasteiger partial charge on any atom is -0.378 e. The third-order valence-electron chi connectivity index (χ3n) is 5.45. The number of carbonyl (C=O) groups is 1. The Hall–Kier alpha value is -3.66. The van der Waals surface area contributed by atoms with E-state index in [9.17, 15) is 9.18 Å². The highest BCUT2D eigenvalue weighted by Gasteiger charge is 2.23. The molecule has 0 atom stereocenters. The Bertz CT molecular complexity index is 1340. The van der Waals surface area contributed by atoms with Crippen LogP contribution in [0.15, 0.2) is 48.5 Å². The van der Waals surface area contributed by atoms with Crippen LogP contribution < -0.4 is 20.4 Å². The van der Waals surface area contributed by atoms with Gasteiger partial charge in [0, 0.05) is 44.5 Å². The van der Waals surface area contributed by atoms with E-state index in [1.54, 1.807) is 16.6 Å². The molecule has 2 aromatic heterocycles. The minimum absolute atomic E-state index is 0.0953. The van der Waals surface area contributed by atoms with Gasteiger partial charge in [-0.2, -0.15) is 4.52 Å². The summed E-state index contributed by atoms with van der Waals surface area (Å²) in [5.41, 5.74) is 3.41. The van der Waals surface area contributed by atoms with E-state index in [0.717, 1.165) is 22.6 Å². The van der Waals surface area contributed by atoms with Crippen molar-refractivity contribution in [2.75, 3.05) is 42.8 Å². The van der Waals surface area contributed by atoms with Gasteiger partial charge in [0.1, 0.15) is 11.5 Å². The summed E-state index contributed by atoms with van der Waals surface area (Å²) in [4.78, 5) is 21.9. The molecule has 2 heterocycles. The summed E-state index contributed by atoms with van der Waals surface area (Å²) < 4.78 is 15.2. The Labute approximate surface area is 214 Å². The van der Waals surface area contributed by atoms with Crippen molar-refractivity contribution in [1.82, 2.24) is 19.9 Å². The zero-order valence-corrected chi connectivity index (χ0v) is 22.3. The van der Waals surface area contributed by atoms with E-state index in [-0.39, 0.29) is 23.8 Å². The van der Waals surface area contributed by atoms with Crippen LogP contribution in [0.1, 0.15) is 26.3 Å². The molecule has 0 aliphatic heterocycles. The van der Waals surface area contributed by atoms with Crippen LogP contribution in [0, 0.1) is 5.82 Å². The summed E-state index contributed by atoms with van der Waals surface area (Å²) in [6, 6.07) is 14.3. The number of likely N-dealkylation sites (N-methyl/N-ethyl adjacent to an activating group) is 1. The molecule has 2 N–H and O–H groups in total. The quantitative estimate of drug-likeness (QED) is 0.361. The van der Waals surface area contributed by atoms with Crippen molar-refractivity contribution >= 4 is 38.8 Å². The fourth-order valence-corrected chi connectivity index (χ4v) is 4.48. The van der Waals surface area contributed by atoms with E-state index in [2.05, 4.69) is 31.4 Å². The van der Waals surface area contributed by atoms with E-state index in [1.807, 2.05) is 55.2 Å². The molecular weight excluding hydrogens is 477 g/mol. The molecule has 0 spiro atoms. The number of halogens is 1. The second-order valence-electron chi connectivity index (χ2n) is 9.96. The standard InChI is InChI=1S/C26H32FN7OS/c1-26(2,3)30-23-22(18-9-11-19(27)12-10-18)29-24-34(23)31-25(36-24)33(6)16-21(35)28-15-17-7-13-20(14-8-17)32(4)5/h7-14,30H,15-16H2,1-6H3,(H,28,35). The van der Waals surface area contributed by atoms with Gasteiger partial charge < -0.3 is 20.4 Å². The number of rotatable bonds is 8. The molecule has 1 amide bonds. The number of imidazole rings is 1. The molecule has 0 radical (unpaired) electrons. The number of aromatic nitrogens is 3. The lowest BCUT2D eigenvalue weighted by molar-refractivity contribution is -0.119. The topological polar surface area (TPSA) is 77.8 Å². The second kappa shape index (κ2) is 10.1. The summed E-state index contributed by atoms with van der Waals surface area (Å²) in [5.74, 6) is 0.337. The van der Waals surface area contributed by atoms with Gasteiger partial charge in [-0.25, -0.2) is 9.37 Å². The average Bonchev–Trinajstić information content (AvgIpc) is 3.37. The third-order valence-corrected chi connectivity index (χ3v) is 6.48. The van der Waals surface area contributed by atoms with Crippen molar-refractivity contribution in [1.29, 1.82) is 0 Å². The number of anilines is 3. The first-order chi connectivity index (χ1) is 17.0. The first-order valence-electron chi connectivity index (χ1n) is 11.7. The number of hydrogen-bond acceptors (Lipinski definition) is 7. The van der Waals surface area contributed by atoms with Crippen LogP contribution >= 0.6 is 11.3 Å². The van der Waals surface area contributed by atoms with Crippen LogP contribution in [0.2, 0.25) is 0 Å². The lowest BCUT2D eigenvalue weighted by Gasteiger charge is -2.22. The normalized spacial score (nSPS) is 11.5. The summed E-state index contributed by atoms with van der Waals surface area (Å²) in [7, 11) is 5.82. The van der Waals surface area contributed by atoms with E-state index >= 15 is 0 Å². The maximum absolute atomic E-state index is 13.5. The molecule has 2 aromatic carbocycles. The van der Waals surface area contributed by atoms with Gasteiger partial charge in [-0.05, 0) is 62.7 Å². The minimum atomic E-state index is -0.295. The maximum Gasteiger partial charge on any atom is 0.239 e. The second-order valence-corrected chi connectivity index (χ2v) is 10.9. The van der Waals surface area contributed by atoms with Gasteiger partial charge in [-0.1, -0.05) is 23.5 Å². The predicted octanol–water partition coefficient (Wildman–Crippen LogP) is 4.63. The van der Waals surface area contributed by atoms with E-state index in [4.69, 9.17) is 10.1 Å². The van der Waals surface area contributed by atoms with Crippen LogP contribution in [0.5, 0.6) is 0 Å². The smallest absolute Gasteiger partial charge is 0.239 e. The zero-order valence-electron chi connectivity index (χ0n) is 21.5. The van der Waals surface area contributed by atoms with Gasteiger partial charge in [0.25, 0.3) is 0 Å². The molecule has 4 aromatic rings. The summed E-state index contributed by atoms with van der Waals surface area (Å²) in [6.07, 6.45) is 0. The van der Waals surface area contributed by atoms with E-state index in [1.165, 1.54) is 23.5 Å². The molecule has 0 unspecified atom stereocenters. The molecule has 36 heavy (non-hydrogen) atoms. The molecule has 0 aliphatic rings. The van der Waals surface area contributed by atoms with Crippen LogP contribution in [-0.4, -0.2) is 53.7 Å². The SMILES string of the molecule is CN(C)c1ccc(CNC(=O)CN(C)c2nn3c(NC(C)(C)C)c(-c4ccc(F)cc4)nc3s2)cc1. The number of nitrogens with zero attached hydrogens (tertiary/aromatic N) is 5. The monoisotopic (exact) mass is 509 g/mol. The summed E-state index contributed by atoms with van der Waals surface area (Å²) in [5, 5.41) is 11.9. The molecule has 10 heteroatoms. The first kappa shape index (κ1) is 25.4. The molecule has 4 rings (SSSR count). The van der Waals surface area contributed by atoms with Crippen LogP contribution in [-0.2, 0) is 11.3 Å². The molecule has 0 bridgehead atoms. The Balaban J connectivity index is 1.49. The van der Waals surface area contributed by atoms with Gasteiger partial charge in [0.15, 0.2) is 5.82 Å². The van der Waals surface area contributed by atoms with Crippen molar-refractivity contribution in [3.63, 3.8) is 0 Å². The Morgan fingerprint density at radius 3 is 2.33 bits per heavy atom. The van der Waals surface area contributed by atoms with E-state index < -0.39 is 0 Å². The zero-order chi connectivity index (χ0) is 26.0. The summed E-state index contributed by atoms with van der Waals surface area (Å²) >= 11 is 1.39. The first-order valence-corrected chi connectivity index (χ1v) is 12.5. The highest BCUT2D eigenvalue weighted by molar-refractivity contribution is 7.20.